The second-order valence-corrected chi connectivity index (χ2v) is 18.5. The van der Waals surface area contributed by atoms with Crippen LogP contribution in [0.15, 0.2) is 243 Å². The Labute approximate surface area is 436 Å². The van der Waals surface area contributed by atoms with E-state index in [9.17, 15) is 5.26 Å². The molecule has 0 aliphatic rings. The van der Waals surface area contributed by atoms with Crippen LogP contribution in [-0.4, -0.2) is 44.0 Å². The Morgan fingerprint density at radius 3 is 1.03 bits per heavy atom. The number of benzene rings is 9. The van der Waals surface area contributed by atoms with Gasteiger partial charge < -0.3 is 9.13 Å². The molecule has 0 fully saturated rings. The van der Waals surface area contributed by atoms with Gasteiger partial charge >= 0.3 is 0 Å². The van der Waals surface area contributed by atoms with E-state index in [2.05, 4.69) is 100 Å². The first-order chi connectivity index (χ1) is 37.6. The van der Waals surface area contributed by atoms with Gasteiger partial charge in [-0.2, -0.15) is 5.26 Å². The largest absolute Gasteiger partial charge is 0.307 e. The van der Waals surface area contributed by atoms with E-state index in [1.807, 2.05) is 158 Å². The second-order valence-electron chi connectivity index (χ2n) is 18.5. The fraction of sp³-hybridized carbons (Fsp3) is 0. The summed E-state index contributed by atoms with van der Waals surface area (Å²) in [7, 11) is 0. The summed E-state index contributed by atoms with van der Waals surface area (Å²) in [5.41, 5.74) is 13.0. The minimum absolute atomic E-state index is 0.541. The van der Waals surface area contributed by atoms with Crippen LogP contribution in [0.5, 0.6) is 0 Å². The summed E-state index contributed by atoms with van der Waals surface area (Å²) in [4.78, 5) is 35.3. The molecule has 14 aromatic rings. The summed E-state index contributed by atoms with van der Waals surface area (Å²) in [5.74, 6) is 3.51. The van der Waals surface area contributed by atoms with Crippen molar-refractivity contribution in [3.8, 4) is 96.9 Å². The molecule has 0 N–H and O–H groups in total. The number of aromatic nitrogens is 9. The van der Waals surface area contributed by atoms with Crippen molar-refractivity contribution in [1.29, 1.82) is 5.26 Å². The molecule has 0 aliphatic heterocycles. The van der Waals surface area contributed by atoms with Crippen molar-refractivity contribution >= 4 is 43.6 Å². The Morgan fingerprint density at radius 1 is 0.303 bits per heavy atom. The molecule has 354 valence electrons. The van der Waals surface area contributed by atoms with Crippen molar-refractivity contribution in [2.24, 2.45) is 0 Å². The number of hydrogen-bond acceptors (Lipinski definition) is 8. The molecule has 0 amide bonds. The predicted octanol–water partition coefficient (Wildman–Crippen LogP) is 15.2. The minimum atomic E-state index is 0.541. The fourth-order valence-electron chi connectivity index (χ4n) is 10.5. The number of rotatable bonds is 9. The molecule has 10 nitrogen and oxygen atoms in total. The average molecular weight is 973 g/mol. The molecule has 0 saturated carbocycles. The summed E-state index contributed by atoms with van der Waals surface area (Å²) >= 11 is 0. The van der Waals surface area contributed by atoms with Gasteiger partial charge in [0.15, 0.2) is 34.9 Å². The van der Waals surface area contributed by atoms with Gasteiger partial charge in [0, 0.05) is 66.1 Å². The number of nitrogens with zero attached hydrogens (tertiary/aromatic N) is 10. The van der Waals surface area contributed by atoms with E-state index >= 15 is 0 Å². The number of fused-ring (bicyclic) bond motifs is 6. The van der Waals surface area contributed by atoms with E-state index in [0.717, 1.165) is 99.5 Å². The van der Waals surface area contributed by atoms with Crippen LogP contribution in [0, 0.1) is 11.3 Å². The van der Waals surface area contributed by atoms with Gasteiger partial charge in [0.1, 0.15) is 0 Å². The molecule has 0 spiro atoms. The Hall–Kier alpha value is -10.8. The van der Waals surface area contributed by atoms with Gasteiger partial charge in [-0.3, -0.25) is 4.98 Å². The Balaban J connectivity index is 0.981. The first-order valence-corrected chi connectivity index (χ1v) is 24.9. The lowest BCUT2D eigenvalue weighted by Gasteiger charge is -2.20. The molecule has 0 aliphatic carbocycles. The van der Waals surface area contributed by atoms with Crippen LogP contribution < -0.4 is 0 Å². The van der Waals surface area contributed by atoms with Crippen LogP contribution >= 0.6 is 0 Å². The Bertz CT molecular complexity index is 4210. The van der Waals surface area contributed by atoms with Crippen molar-refractivity contribution in [3.05, 3.63) is 248 Å². The zero-order valence-corrected chi connectivity index (χ0v) is 40.6. The highest BCUT2D eigenvalue weighted by Crippen LogP contribution is 2.44. The van der Waals surface area contributed by atoms with E-state index < -0.39 is 0 Å². The molecular formula is C66H40N10. The summed E-state index contributed by atoms with van der Waals surface area (Å²) in [6, 6.07) is 80.1. The van der Waals surface area contributed by atoms with Gasteiger partial charge in [-0.05, 0) is 54.6 Å². The highest BCUT2D eigenvalue weighted by Gasteiger charge is 2.25. The van der Waals surface area contributed by atoms with Crippen molar-refractivity contribution in [2.75, 3.05) is 0 Å². The quantitative estimate of drug-likeness (QED) is 0.140. The molecule has 76 heavy (non-hydrogen) atoms. The van der Waals surface area contributed by atoms with Gasteiger partial charge in [0.25, 0.3) is 0 Å². The van der Waals surface area contributed by atoms with Crippen molar-refractivity contribution in [2.45, 2.75) is 0 Å². The van der Waals surface area contributed by atoms with Gasteiger partial charge in [0.05, 0.1) is 57.5 Å². The molecule has 14 rings (SSSR count). The lowest BCUT2D eigenvalue weighted by Crippen LogP contribution is -2.05. The van der Waals surface area contributed by atoms with E-state index in [4.69, 9.17) is 34.9 Å². The highest BCUT2D eigenvalue weighted by molar-refractivity contribution is 6.13. The Kier molecular flexibility index (Phi) is 10.6. The van der Waals surface area contributed by atoms with Gasteiger partial charge in [-0.25, -0.2) is 29.9 Å². The van der Waals surface area contributed by atoms with Crippen LogP contribution in [0.2, 0.25) is 0 Å². The molecule has 0 radical (unpaired) electrons. The maximum absolute atomic E-state index is 10.8. The smallest absolute Gasteiger partial charge is 0.164 e. The SMILES string of the molecule is N#Cc1ccccc1-c1c(-n2c3ccccc3c3cc(-c4nc(-c5ccccc5)nc(-c5ccccc5)n4)ccc32)cncc1-n1c2ccccc2c2cc(-c3nc(-c4ccccc4)nc(-c4ccccc4)n3)ccc21. The number of pyridine rings is 1. The molecule has 5 heterocycles. The third-order valence-corrected chi connectivity index (χ3v) is 14.0. The lowest BCUT2D eigenvalue weighted by atomic mass is 9.97. The highest BCUT2D eigenvalue weighted by atomic mass is 15.1. The summed E-state index contributed by atoms with van der Waals surface area (Å²) in [5, 5.41) is 14.9. The average Bonchev–Trinajstić information content (AvgIpc) is 4.12. The first-order valence-electron chi connectivity index (χ1n) is 24.9. The van der Waals surface area contributed by atoms with E-state index in [1.54, 1.807) is 0 Å². The summed E-state index contributed by atoms with van der Waals surface area (Å²) < 4.78 is 4.54. The van der Waals surface area contributed by atoms with Crippen LogP contribution in [0.25, 0.3) is 134 Å². The maximum atomic E-state index is 10.8. The minimum Gasteiger partial charge on any atom is -0.307 e. The summed E-state index contributed by atoms with van der Waals surface area (Å²) in [6.45, 7) is 0. The number of hydrogen-bond donors (Lipinski definition) is 0. The van der Waals surface area contributed by atoms with Crippen molar-refractivity contribution < 1.29 is 0 Å². The molecular weight excluding hydrogens is 933 g/mol. The second kappa shape index (κ2) is 18.4. The van der Waals surface area contributed by atoms with Crippen LogP contribution in [0.1, 0.15) is 5.56 Å². The van der Waals surface area contributed by atoms with Crippen LogP contribution in [-0.2, 0) is 0 Å². The summed E-state index contributed by atoms with van der Waals surface area (Å²) in [6.07, 6.45) is 3.83. The Morgan fingerprint density at radius 2 is 0.632 bits per heavy atom. The van der Waals surface area contributed by atoms with E-state index in [0.29, 0.717) is 40.5 Å². The molecule has 5 aromatic heterocycles. The molecule has 0 unspecified atom stereocenters. The first kappa shape index (κ1) is 44.0. The third kappa shape index (κ3) is 7.54. The van der Waals surface area contributed by atoms with Gasteiger partial charge in [-0.1, -0.05) is 176 Å². The molecule has 0 saturated heterocycles. The van der Waals surface area contributed by atoms with Gasteiger partial charge in [0.2, 0.25) is 0 Å². The lowest BCUT2D eigenvalue weighted by molar-refractivity contribution is 1.07. The van der Waals surface area contributed by atoms with Crippen molar-refractivity contribution in [1.82, 2.24) is 44.0 Å². The van der Waals surface area contributed by atoms with Gasteiger partial charge in [-0.15, -0.1) is 0 Å². The zero-order chi connectivity index (χ0) is 50.5. The maximum Gasteiger partial charge on any atom is 0.164 e. The molecule has 0 atom stereocenters. The predicted molar refractivity (Wildman–Crippen MR) is 302 cm³/mol. The number of nitriles is 1. The third-order valence-electron chi connectivity index (χ3n) is 14.0. The van der Waals surface area contributed by atoms with Crippen LogP contribution in [0.4, 0.5) is 0 Å². The van der Waals surface area contributed by atoms with Crippen LogP contribution in [0.3, 0.4) is 0 Å². The molecule has 10 heteroatoms. The number of para-hydroxylation sites is 2. The standard InChI is InChI=1S/C66H40N10/c67-39-48-27-13-14-28-49(48)60-58(75-54-31-17-15-29-50(54)52-37-46(33-35-56(52)75)65-71-61(42-19-5-1-6-20-42)69-62(72-65)43-21-7-2-8-22-43)40-68-41-59(60)76-55-32-18-16-30-51(55)53-38-47(34-36-57(53)76)66-73-63(44-23-9-3-10-24-44)70-64(74-66)45-25-11-4-12-26-45/h1-38,40-41H. The van der Waals surface area contributed by atoms with E-state index in [-0.39, 0.29) is 0 Å². The van der Waals surface area contributed by atoms with E-state index in [1.165, 1.54) is 0 Å². The fourth-order valence-corrected chi connectivity index (χ4v) is 10.5. The molecule has 0 bridgehead atoms. The zero-order valence-electron chi connectivity index (χ0n) is 40.6. The topological polar surface area (TPSA) is 124 Å². The monoisotopic (exact) mass is 972 g/mol. The van der Waals surface area contributed by atoms with Crippen molar-refractivity contribution in [3.63, 3.8) is 0 Å². The normalized spacial score (nSPS) is 11.4. The molecule has 9 aromatic carbocycles.